The molecule has 106 valence electrons. The van der Waals surface area contributed by atoms with Crippen molar-refractivity contribution in [2.45, 2.75) is 24.5 Å². The Morgan fingerprint density at radius 1 is 1.53 bits per heavy atom. The molecule has 9 nitrogen and oxygen atoms in total. The second-order valence-corrected chi connectivity index (χ2v) is 4.21. The molecule has 0 aromatic carbocycles. The molecule has 0 amide bonds. The fourth-order valence-electron chi connectivity index (χ4n) is 1.97. The van der Waals surface area contributed by atoms with E-state index in [2.05, 4.69) is 10.3 Å². The minimum atomic E-state index is -1.34. The van der Waals surface area contributed by atoms with Crippen molar-refractivity contribution >= 4 is 11.5 Å². The van der Waals surface area contributed by atoms with Gasteiger partial charge in [-0.1, -0.05) is 0 Å². The molecule has 1 saturated heterocycles. The summed E-state index contributed by atoms with van der Waals surface area (Å²) in [6, 6.07) is 0. The summed E-state index contributed by atoms with van der Waals surface area (Å²) in [6.45, 7) is -0.467. The number of aliphatic hydroxyl groups is 3. The molecule has 0 bridgehead atoms. The topological polar surface area (TPSA) is 143 Å². The first-order valence-corrected chi connectivity index (χ1v) is 5.68. The van der Waals surface area contributed by atoms with Crippen molar-refractivity contribution in [3.63, 3.8) is 0 Å². The Morgan fingerprint density at radius 2 is 2.21 bits per heavy atom. The van der Waals surface area contributed by atoms with Gasteiger partial charge in [0.05, 0.1) is 12.3 Å². The van der Waals surface area contributed by atoms with Crippen molar-refractivity contribution in [2.75, 3.05) is 24.7 Å². The number of ether oxygens (including phenoxy) is 1. The first-order valence-electron chi connectivity index (χ1n) is 5.68. The minimum Gasteiger partial charge on any atom is -0.394 e. The lowest BCUT2D eigenvalue weighted by molar-refractivity contribution is -0.0548. The van der Waals surface area contributed by atoms with E-state index in [1.165, 1.54) is 6.20 Å². The van der Waals surface area contributed by atoms with Crippen LogP contribution in [0.1, 0.15) is 6.23 Å². The zero-order valence-electron chi connectivity index (χ0n) is 10.2. The van der Waals surface area contributed by atoms with Gasteiger partial charge in [0, 0.05) is 13.2 Å². The van der Waals surface area contributed by atoms with Gasteiger partial charge >= 0.3 is 5.69 Å². The van der Waals surface area contributed by atoms with Gasteiger partial charge in [-0.15, -0.1) is 0 Å². The molecule has 0 spiro atoms. The van der Waals surface area contributed by atoms with Crippen molar-refractivity contribution in [3.8, 4) is 0 Å². The second-order valence-electron chi connectivity index (χ2n) is 4.21. The molecule has 0 saturated carbocycles. The lowest BCUT2D eigenvalue weighted by atomic mass is 10.1. The number of nitrogen functional groups attached to an aromatic ring is 1. The molecule has 4 atom stereocenters. The molecule has 1 fully saturated rings. The molecule has 2 rings (SSSR count). The number of aliphatic hydroxyl groups excluding tert-OH is 3. The van der Waals surface area contributed by atoms with Gasteiger partial charge in [-0.25, -0.2) is 4.79 Å². The first kappa shape index (κ1) is 13.7. The van der Waals surface area contributed by atoms with E-state index in [0.717, 1.165) is 4.57 Å². The average Bonchev–Trinajstić information content (AvgIpc) is 2.67. The van der Waals surface area contributed by atoms with Crippen LogP contribution in [0.2, 0.25) is 0 Å². The third-order valence-electron chi connectivity index (χ3n) is 3.04. The predicted molar refractivity (Wildman–Crippen MR) is 65.5 cm³/mol. The molecule has 1 aromatic heterocycles. The van der Waals surface area contributed by atoms with Crippen molar-refractivity contribution < 1.29 is 20.1 Å². The van der Waals surface area contributed by atoms with E-state index in [1.54, 1.807) is 7.05 Å². The number of anilines is 2. The molecule has 1 aromatic rings. The Hall–Kier alpha value is -1.68. The zero-order valence-corrected chi connectivity index (χ0v) is 10.2. The standard InChI is InChI=1S/C10H16N4O5/c1-12-4-2-14(10(18)13-8(4)11)9-7(17)6(16)5(3-15)19-9/h2,5-7,9,12,15-17H,3H2,1H3,(H2,11,13,18)/t5-,6-,7-,9-/m1/s1. The van der Waals surface area contributed by atoms with Crippen molar-refractivity contribution in [1.29, 1.82) is 0 Å². The Bertz CT molecular complexity index is 519. The fraction of sp³-hybridized carbons (Fsp3) is 0.600. The van der Waals surface area contributed by atoms with E-state index >= 15 is 0 Å². The summed E-state index contributed by atoms with van der Waals surface area (Å²) in [5.41, 5.74) is 5.21. The van der Waals surface area contributed by atoms with Crippen LogP contribution in [-0.2, 0) is 4.74 Å². The average molecular weight is 272 g/mol. The predicted octanol–water partition coefficient (Wildman–Crippen LogP) is -2.52. The SMILES string of the molecule is CNc1cn([C@@H]2O[C@H](CO)[C@@H](O)[C@H]2O)c(=O)nc1N. The molecule has 6 N–H and O–H groups in total. The quantitative estimate of drug-likeness (QED) is 0.405. The number of rotatable bonds is 3. The smallest absolute Gasteiger partial charge is 0.351 e. The number of nitrogens with one attached hydrogen (secondary N) is 1. The van der Waals surface area contributed by atoms with Crippen LogP contribution in [0.4, 0.5) is 11.5 Å². The van der Waals surface area contributed by atoms with Gasteiger partial charge in [0.25, 0.3) is 0 Å². The highest BCUT2D eigenvalue weighted by atomic mass is 16.6. The van der Waals surface area contributed by atoms with Crippen molar-refractivity contribution in [2.24, 2.45) is 0 Å². The summed E-state index contributed by atoms with van der Waals surface area (Å²) < 4.78 is 6.27. The Morgan fingerprint density at radius 3 is 2.74 bits per heavy atom. The van der Waals surface area contributed by atoms with E-state index in [0.29, 0.717) is 5.69 Å². The highest BCUT2D eigenvalue weighted by molar-refractivity contribution is 5.59. The highest BCUT2D eigenvalue weighted by Gasteiger charge is 2.43. The summed E-state index contributed by atoms with van der Waals surface area (Å²) >= 11 is 0. The summed E-state index contributed by atoms with van der Waals surface area (Å²) in [5, 5.41) is 31.2. The van der Waals surface area contributed by atoms with E-state index in [9.17, 15) is 15.0 Å². The molecule has 9 heteroatoms. The summed E-state index contributed by atoms with van der Waals surface area (Å²) in [4.78, 5) is 15.3. The van der Waals surface area contributed by atoms with Crippen LogP contribution >= 0.6 is 0 Å². The summed E-state index contributed by atoms with van der Waals surface area (Å²) in [7, 11) is 1.60. The van der Waals surface area contributed by atoms with Gasteiger partial charge in [-0.05, 0) is 0 Å². The molecule has 19 heavy (non-hydrogen) atoms. The molecule has 0 radical (unpaired) electrons. The van der Waals surface area contributed by atoms with Crippen LogP contribution in [0.5, 0.6) is 0 Å². The van der Waals surface area contributed by atoms with E-state index in [1.807, 2.05) is 0 Å². The number of hydrogen-bond acceptors (Lipinski definition) is 8. The number of nitrogens with zero attached hydrogens (tertiary/aromatic N) is 2. The van der Waals surface area contributed by atoms with Gasteiger partial charge in [0.15, 0.2) is 12.0 Å². The van der Waals surface area contributed by atoms with Gasteiger partial charge in [0.1, 0.15) is 18.3 Å². The van der Waals surface area contributed by atoms with E-state index < -0.39 is 36.8 Å². The Kier molecular flexibility index (Phi) is 3.71. The summed E-state index contributed by atoms with van der Waals surface area (Å²) in [5.74, 6) is 0.0236. The first-order chi connectivity index (χ1) is 8.99. The van der Waals surface area contributed by atoms with E-state index in [-0.39, 0.29) is 5.82 Å². The van der Waals surface area contributed by atoms with Crippen LogP contribution in [0.15, 0.2) is 11.0 Å². The maximum atomic E-state index is 11.8. The fourth-order valence-corrected chi connectivity index (χ4v) is 1.97. The number of nitrogens with two attached hydrogens (primary N) is 1. The molecule has 0 aliphatic carbocycles. The number of aromatic nitrogens is 2. The number of hydrogen-bond donors (Lipinski definition) is 5. The molecule has 1 aliphatic heterocycles. The van der Waals surface area contributed by atoms with Crippen LogP contribution in [-0.4, -0.2) is 56.8 Å². The molecular weight excluding hydrogens is 256 g/mol. The van der Waals surface area contributed by atoms with Gasteiger partial charge in [-0.2, -0.15) is 4.98 Å². The van der Waals surface area contributed by atoms with Crippen LogP contribution in [0.3, 0.4) is 0 Å². The molecule has 0 unspecified atom stereocenters. The minimum absolute atomic E-state index is 0.0236. The maximum Gasteiger partial charge on any atom is 0.351 e. The van der Waals surface area contributed by atoms with Crippen LogP contribution < -0.4 is 16.7 Å². The molecule has 1 aliphatic rings. The van der Waals surface area contributed by atoms with E-state index in [4.69, 9.17) is 15.6 Å². The lowest BCUT2D eigenvalue weighted by Crippen LogP contribution is -2.36. The normalized spacial score (nSPS) is 30.5. The zero-order chi connectivity index (χ0) is 14.2. The third kappa shape index (κ3) is 2.28. The van der Waals surface area contributed by atoms with Gasteiger partial charge < -0.3 is 31.1 Å². The van der Waals surface area contributed by atoms with Crippen LogP contribution in [0, 0.1) is 0 Å². The molecule has 2 heterocycles. The largest absolute Gasteiger partial charge is 0.394 e. The third-order valence-corrected chi connectivity index (χ3v) is 3.04. The molecular formula is C10H16N4O5. The highest BCUT2D eigenvalue weighted by Crippen LogP contribution is 2.29. The Labute approximate surface area is 108 Å². The second kappa shape index (κ2) is 5.13. The van der Waals surface area contributed by atoms with Crippen molar-refractivity contribution in [3.05, 3.63) is 16.7 Å². The summed E-state index contributed by atoms with van der Waals surface area (Å²) in [6.07, 6.45) is -3.37. The Balaban J connectivity index is 2.40. The van der Waals surface area contributed by atoms with Gasteiger partial charge in [0.2, 0.25) is 0 Å². The monoisotopic (exact) mass is 272 g/mol. The van der Waals surface area contributed by atoms with Crippen molar-refractivity contribution in [1.82, 2.24) is 9.55 Å². The van der Waals surface area contributed by atoms with Gasteiger partial charge in [-0.3, -0.25) is 4.57 Å². The maximum absolute atomic E-state index is 11.8. The van der Waals surface area contributed by atoms with Crippen LogP contribution in [0.25, 0.3) is 0 Å². The lowest BCUT2D eigenvalue weighted by Gasteiger charge is -2.18.